The second-order valence-corrected chi connectivity index (χ2v) is 3.99. The molecular formula is C16H14N2O2. The molecule has 0 bridgehead atoms. The summed E-state index contributed by atoms with van der Waals surface area (Å²) in [6.45, 7) is -0.188. The fraction of sp³-hybridized carbons (Fsp3) is 0.0625. The number of rotatable bonds is 2. The first-order valence-electron chi connectivity index (χ1n) is 6.11. The maximum atomic E-state index is 11.8. The molecule has 0 aromatic heterocycles. The zero-order valence-electron chi connectivity index (χ0n) is 10.8. The Morgan fingerprint density at radius 2 is 1.70 bits per heavy atom. The molecule has 0 unspecified atom stereocenters. The van der Waals surface area contributed by atoms with Gasteiger partial charge in [0.05, 0.1) is 0 Å². The van der Waals surface area contributed by atoms with E-state index in [2.05, 4.69) is 22.5 Å². The van der Waals surface area contributed by atoms with Crippen LogP contribution >= 0.6 is 0 Å². The van der Waals surface area contributed by atoms with E-state index >= 15 is 0 Å². The minimum atomic E-state index is -0.316. The third kappa shape index (κ3) is 4.16. The number of urea groups is 1. The molecule has 2 aromatic carbocycles. The van der Waals surface area contributed by atoms with Crippen LogP contribution in [0, 0.1) is 11.8 Å². The van der Waals surface area contributed by atoms with E-state index in [-0.39, 0.29) is 12.6 Å². The minimum Gasteiger partial charge on any atom is -0.384 e. The summed E-state index contributed by atoms with van der Waals surface area (Å²) < 4.78 is 0. The highest BCUT2D eigenvalue weighted by molar-refractivity contribution is 5.99. The lowest BCUT2D eigenvalue weighted by Gasteiger charge is -2.07. The van der Waals surface area contributed by atoms with Crippen LogP contribution in [0.4, 0.5) is 16.2 Å². The van der Waals surface area contributed by atoms with Gasteiger partial charge in [0.1, 0.15) is 6.61 Å². The van der Waals surface area contributed by atoms with Gasteiger partial charge in [-0.15, -0.1) is 0 Å². The van der Waals surface area contributed by atoms with Gasteiger partial charge in [-0.05, 0) is 30.3 Å². The maximum Gasteiger partial charge on any atom is 0.323 e. The smallest absolute Gasteiger partial charge is 0.323 e. The molecule has 0 aliphatic rings. The lowest BCUT2D eigenvalue weighted by atomic mass is 10.2. The van der Waals surface area contributed by atoms with Gasteiger partial charge in [-0.3, -0.25) is 0 Å². The minimum absolute atomic E-state index is 0.188. The predicted octanol–water partition coefficient (Wildman–Crippen LogP) is 2.67. The number of para-hydroxylation sites is 1. The van der Waals surface area contributed by atoms with Crippen molar-refractivity contribution in [2.45, 2.75) is 0 Å². The van der Waals surface area contributed by atoms with Crippen LogP contribution < -0.4 is 10.6 Å². The number of hydrogen-bond acceptors (Lipinski definition) is 2. The Labute approximate surface area is 117 Å². The van der Waals surface area contributed by atoms with E-state index in [4.69, 9.17) is 5.11 Å². The quantitative estimate of drug-likeness (QED) is 0.732. The highest BCUT2D eigenvalue weighted by Gasteiger charge is 2.02. The Morgan fingerprint density at radius 3 is 2.45 bits per heavy atom. The van der Waals surface area contributed by atoms with Crippen molar-refractivity contribution < 1.29 is 9.90 Å². The summed E-state index contributed by atoms with van der Waals surface area (Å²) in [5.74, 6) is 5.35. The van der Waals surface area contributed by atoms with E-state index in [0.717, 1.165) is 11.3 Å². The summed E-state index contributed by atoms with van der Waals surface area (Å²) in [5, 5.41) is 14.1. The molecule has 0 atom stereocenters. The molecule has 0 spiro atoms. The average Bonchev–Trinajstić information content (AvgIpc) is 2.46. The molecule has 4 nitrogen and oxygen atoms in total. The number of carbonyl (C=O) groups is 1. The molecule has 100 valence electrons. The molecule has 2 amide bonds. The summed E-state index contributed by atoms with van der Waals surface area (Å²) in [6.07, 6.45) is 0. The van der Waals surface area contributed by atoms with E-state index in [0.29, 0.717) is 5.69 Å². The first-order chi connectivity index (χ1) is 9.78. The second kappa shape index (κ2) is 6.98. The first-order valence-corrected chi connectivity index (χ1v) is 6.11. The lowest BCUT2D eigenvalue weighted by Crippen LogP contribution is -2.19. The van der Waals surface area contributed by atoms with Crippen molar-refractivity contribution in [3.05, 3.63) is 60.2 Å². The predicted molar refractivity (Wildman–Crippen MR) is 79.5 cm³/mol. The standard InChI is InChI=1S/C16H14N2O2/c19-11-5-7-13-6-4-10-15(12-13)18-16(20)17-14-8-2-1-3-9-14/h1-4,6,8-10,12,19H,11H2,(H2,17,18,20). The summed E-state index contributed by atoms with van der Waals surface area (Å²) in [4.78, 5) is 11.8. The maximum absolute atomic E-state index is 11.8. The van der Waals surface area contributed by atoms with E-state index < -0.39 is 0 Å². The second-order valence-electron chi connectivity index (χ2n) is 3.99. The number of hydrogen-bond donors (Lipinski definition) is 3. The molecule has 0 heterocycles. The van der Waals surface area contributed by atoms with Gasteiger partial charge >= 0.3 is 6.03 Å². The Hall–Kier alpha value is -2.77. The Bertz CT molecular complexity index is 642. The van der Waals surface area contributed by atoms with Crippen LogP contribution in [-0.4, -0.2) is 17.7 Å². The number of aliphatic hydroxyl groups excluding tert-OH is 1. The van der Waals surface area contributed by atoms with Gasteiger partial charge in [0.2, 0.25) is 0 Å². The Balaban J connectivity index is 2.01. The molecule has 3 N–H and O–H groups in total. The van der Waals surface area contributed by atoms with E-state index in [9.17, 15) is 4.79 Å². The third-order valence-corrected chi connectivity index (χ3v) is 2.46. The zero-order valence-corrected chi connectivity index (χ0v) is 10.8. The molecule has 2 aromatic rings. The van der Waals surface area contributed by atoms with Crippen LogP contribution in [0.1, 0.15) is 5.56 Å². The first kappa shape index (κ1) is 13.7. The fourth-order valence-corrected chi connectivity index (χ4v) is 1.63. The number of carbonyl (C=O) groups excluding carboxylic acids is 1. The number of anilines is 2. The van der Waals surface area contributed by atoms with Crippen LogP contribution in [0.15, 0.2) is 54.6 Å². The van der Waals surface area contributed by atoms with Crippen LogP contribution in [0.2, 0.25) is 0 Å². The van der Waals surface area contributed by atoms with Gasteiger partial charge in [-0.2, -0.15) is 0 Å². The monoisotopic (exact) mass is 266 g/mol. The van der Waals surface area contributed by atoms with Gasteiger partial charge in [-0.25, -0.2) is 4.79 Å². The van der Waals surface area contributed by atoms with Crippen molar-refractivity contribution in [3.8, 4) is 11.8 Å². The van der Waals surface area contributed by atoms with Crippen molar-refractivity contribution in [2.75, 3.05) is 17.2 Å². The molecule has 0 saturated heterocycles. The lowest BCUT2D eigenvalue weighted by molar-refractivity contribution is 0.262. The highest BCUT2D eigenvalue weighted by atomic mass is 16.2. The van der Waals surface area contributed by atoms with Crippen LogP contribution in [-0.2, 0) is 0 Å². The number of amides is 2. The molecule has 0 aliphatic heterocycles. The highest BCUT2D eigenvalue weighted by Crippen LogP contribution is 2.11. The number of nitrogens with one attached hydrogen (secondary N) is 2. The Kier molecular flexibility index (Phi) is 4.76. The number of benzene rings is 2. The van der Waals surface area contributed by atoms with Crippen LogP contribution in [0.5, 0.6) is 0 Å². The summed E-state index contributed by atoms with van der Waals surface area (Å²) in [5.41, 5.74) is 2.10. The van der Waals surface area contributed by atoms with Gasteiger partial charge in [0.25, 0.3) is 0 Å². The third-order valence-electron chi connectivity index (χ3n) is 2.46. The van der Waals surface area contributed by atoms with Crippen molar-refractivity contribution in [1.29, 1.82) is 0 Å². The molecule has 0 radical (unpaired) electrons. The van der Waals surface area contributed by atoms with Gasteiger partial charge in [-0.1, -0.05) is 36.1 Å². The van der Waals surface area contributed by atoms with Gasteiger partial charge < -0.3 is 15.7 Å². The summed E-state index contributed by atoms with van der Waals surface area (Å²) in [7, 11) is 0. The zero-order chi connectivity index (χ0) is 14.2. The van der Waals surface area contributed by atoms with Crippen molar-refractivity contribution >= 4 is 17.4 Å². The topological polar surface area (TPSA) is 61.4 Å². The van der Waals surface area contributed by atoms with E-state index in [1.165, 1.54) is 0 Å². The number of aliphatic hydroxyl groups is 1. The normalized spacial score (nSPS) is 9.25. The SMILES string of the molecule is O=C(Nc1ccccc1)Nc1cccc(C#CCO)c1. The summed E-state index contributed by atoms with van der Waals surface area (Å²) in [6, 6.07) is 16.0. The largest absolute Gasteiger partial charge is 0.384 e. The van der Waals surface area contributed by atoms with Gasteiger partial charge in [0, 0.05) is 16.9 Å². The molecule has 2 rings (SSSR count). The Morgan fingerprint density at radius 1 is 1.00 bits per heavy atom. The summed E-state index contributed by atoms with van der Waals surface area (Å²) >= 11 is 0. The van der Waals surface area contributed by atoms with Gasteiger partial charge in [0.15, 0.2) is 0 Å². The average molecular weight is 266 g/mol. The fourth-order valence-electron chi connectivity index (χ4n) is 1.63. The van der Waals surface area contributed by atoms with Crippen molar-refractivity contribution in [2.24, 2.45) is 0 Å². The molecule has 4 heteroatoms. The molecule has 0 fully saturated rings. The van der Waals surface area contributed by atoms with E-state index in [1.807, 2.05) is 36.4 Å². The molecule has 0 saturated carbocycles. The molecular weight excluding hydrogens is 252 g/mol. The van der Waals surface area contributed by atoms with E-state index in [1.54, 1.807) is 18.2 Å². The van der Waals surface area contributed by atoms with Crippen molar-refractivity contribution in [3.63, 3.8) is 0 Å². The van der Waals surface area contributed by atoms with Crippen LogP contribution in [0.25, 0.3) is 0 Å². The van der Waals surface area contributed by atoms with Crippen LogP contribution in [0.3, 0.4) is 0 Å². The molecule has 20 heavy (non-hydrogen) atoms. The molecule has 0 aliphatic carbocycles. The van der Waals surface area contributed by atoms with Crippen molar-refractivity contribution in [1.82, 2.24) is 0 Å².